The Labute approximate surface area is 227 Å². The van der Waals surface area contributed by atoms with Crippen LogP contribution in [0.4, 0.5) is 35.5 Å². The number of nitrogens with zero attached hydrogens (tertiary/aromatic N) is 1. The summed E-state index contributed by atoms with van der Waals surface area (Å²) in [6.07, 6.45) is -11.0. The predicted octanol–water partition coefficient (Wildman–Crippen LogP) is 8.44. The monoisotopic (exact) mass is 573 g/mol. The van der Waals surface area contributed by atoms with Crippen LogP contribution < -0.4 is 0 Å². The van der Waals surface area contributed by atoms with Gasteiger partial charge in [0.1, 0.15) is 17.7 Å². The Balaban J connectivity index is 1.73. The molecule has 1 saturated carbocycles. The quantitative estimate of drug-likeness (QED) is 0.295. The first kappa shape index (κ1) is 29.7. The lowest BCUT2D eigenvalue weighted by molar-refractivity contribution is -0.143. The molecule has 1 aliphatic heterocycles. The second-order valence-electron chi connectivity index (χ2n) is 11.6. The molecule has 4 nitrogen and oxygen atoms in total. The smallest absolute Gasteiger partial charge is 0.416 e. The van der Waals surface area contributed by atoms with E-state index in [0.29, 0.717) is 30.5 Å². The van der Waals surface area contributed by atoms with Crippen LogP contribution in [0.5, 0.6) is 0 Å². The van der Waals surface area contributed by atoms with Crippen molar-refractivity contribution < 1.29 is 45.4 Å². The number of hydrogen-bond donors (Lipinski definition) is 1. The molecule has 1 unspecified atom stereocenters. The van der Waals surface area contributed by atoms with Crippen molar-refractivity contribution in [1.82, 2.24) is 4.90 Å². The van der Waals surface area contributed by atoms with E-state index in [1.165, 1.54) is 17.0 Å². The van der Waals surface area contributed by atoms with E-state index in [4.69, 9.17) is 4.74 Å². The van der Waals surface area contributed by atoms with Gasteiger partial charge in [-0.25, -0.2) is 9.18 Å². The highest BCUT2D eigenvalue weighted by molar-refractivity contribution is 5.66. The first-order chi connectivity index (χ1) is 18.4. The minimum Gasteiger partial charge on any atom is -0.490 e. The van der Waals surface area contributed by atoms with Gasteiger partial charge in [0, 0.05) is 24.1 Å². The van der Waals surface area contributed by atoms with Gasteiger partial charge in [0.05, 0.1) is 11.1 Å². The number of carbonyl (C=O) groups is 1. The summed E-state index contributed by atoms with van der Waals surface area (Å²) in [5, 5.41) is 9.98. The molecule has 0 radical (unpaired) electrons. The topological polar surface area (TPSA) is 49.8 Å². The van der Waals surface area contributed by atoms with Crippen LogP contribution in [0.15, 0.2) is 49.0 Å². The van der Waals surface area contributed by atoms with Crippen LogP contribution in [0.2, 0.25) is 0 Å². The van der Waals surface area contributed by atoms with E-state index in [1.807, 2.05) is 20.8 Å². The standard InChI is InChI=1S/C29H30F7NO3/c1-15(17-11-18(28(31,32)33)13-19(12-17)29(34,35)36)40-23-10-9-21-22(24(23)16-5-7-20(30)8-6-16)14-37(26(38)39)25(21)27(2,3)4/h5-8,11-13,21-25H,1,9-10,14H2,2-4H3,(H,38,39)/t21-,22-,23+,24+,25?/m0/s1. The molecule has 2 aromatic carbocycles. The molecular weight excluding hydrogens is 543 g/mol. The van der Waals surface area contributed by atoms with E-state index in [2.05, 4.69) is 6.58 Å². The van der Waals surface area contributed by atoms with Gasteiger partial charge >= 0.3 is 18.4 Å². The summed E-state index contributed by atoms with van der Waals surface area (Å²) >= 11 is 0. The van der Waals surface area contributed by atoms with E-state index in [1.54, 1.807) is 12.1 Å². The van der Waals surface area contributed by atoms with Crippen LogP contribution in [0.25, 0.3) is 5.76 Å². The number of carboxylic acid groups (broad SMARTS) is 1. The molecule has 0 aromatic heterocycles. The Bertz CT molecular complexity index is 1230. The molecular formula is C29H30F7NO3. The largest absolute Gasteiger partial charge is 0.490 e. The van der Waals surface area contributed by atoms with Crippen molar-refractivity contribution in [1.29, 1.82) is 0 Å². The van der Waals surface area contributed by atoms with Crippen LogP contribution in [0, 0.1) is 23.1 Å². The number of ether oxygens (including phenoxy) is 1. The number of alkyl halides is 6. The molecule has 1 aliphatic carbocycles. The number of rotatable bonds is 4. The molecule has 1 heterocycles. The van der Waals surface area contributed by atoms with Gasteiger partial charge in [-0.2, -0.15) is 26.3 Å². The van der Waals surface area contributed by atoms with E-state index in [9.17, 15) is 40.6 Å². The zero-order chi connectivity index (χ0) is 29.8. The van der Waals surface area contributed by atoms with Crippen molar-refractivity contribution >= 4 is 11.9 Å². The predicted molar refractivity (Wildman–Crippen MR) is 134 cm³/mol. The first-order valence-electron chi connectivity index (χ1n) is 12.8. The number of likely N-dealkylation sites (tertiary alicyclic amines) is 1. The van der Waals surface area contributed by atoms with Gasteiger partial charge in [-0.1, -0.05) is 39.5 Å². The maximum absolute atomic E-state index is 13.8. The molecule has 1 amide bonds. The molecule has 1 saturated heterocycles. The van der Waals surface area contributed by atoms with Gasteiger partial charge in [-0.15, -0.1) is 0 Å². The van der Waals surface area contributed by atoms with E-state index in [-0.39, 0.29) is 36.2 Å². The Hall–Kier alpha value is -3.24. The van der Waals surface area contributed by atoms with Crippen molar-refractivity contribution in [3.05, 3.63) is 77.1 Å². The summed E-state index contributed by atoms with van der Waals surface area (Å²) in [5.41, 5.74) is -3.21. The summed E-state index contributed by atoms with van der Waals surface area (Å²) < 4.78 is 100. The second-order valence-corrected chi connectivity index (χ2v) is 11.6. The normalized spacial score (nSPS) is 25.4. The van der Waals surface area contributed by atoms with Crippen molar-refractivity contribution in [2.75, 3.05) is 6.54 Å². The van der Waals surface area contributed by atoms with Crippen LogP contribution in [-0.4, -0.2) is 34.8 Å². The maximum atomic E-state index is 13.8. The van der Waals surface area contributed by atoms with Crippen molar-refractivity contribution in [2.24, 2.45) is 17.3 Å². The summed E-state index contributed by atoms with van der Waals surface area (Å²) in [4.78, 5) is 13.6. The molecule has 5 atom stereocenters. The fourth-order valence-corrected chi connectivity index (χ4v) is 6.46. The van der Waals surface area contributed by atoms with Crippen molar-refractivity contribution in [3.8, 4) is 0 Å². The SMILES string of the molecule is C=C(O[C@@H]1CC[C@@H]2C(C(C)(C)C)N(C(=O)O)C[C@@H]2[C@H]1c1ccc(F)cc1)c1cc(C(F)(F)F)cc(C(F)(F)F)c1. The molecule has 4 rings (SSSR count). The zero-order valence-electron chi connectivity index (χ0n) is 22.1. The van der Waals surface area contributed by atoms with Crippen molar-refractivity contribution in [2.45, 2.75) is 64.0 Å². The van der Waals surface area contributed by atoms with Crippen LogP contribution in [0.3, 0.4) is 0 Å². The lowest BCUT2D eigenvalue weighted by Crippen LogP contribution is -2.46. The summed E-state index contributed by atoms with van der Waals surface area (Å²) in [5.74, 6) is -1.76. The lowest BCUT2D eigenvalue weighted by atomic mass is 9.64. The molecule has 40 heavy (non-hydrogen) atoms. The third-order valence-corrected chi connectivity index (χ3v) is 7.94. The Morgan fingerprint density at radius 1 is 0.925 bits per heavy atom. The van der Waals surface area contributed by atoms with Crippen LogP contribution in [0.1, 0.15) is 61.8 Å². The van der Waals surface area contributed by atoms with Gasteiger partial charge in [-0.05, 0) is 66.0 Å². The minimum absolute atomic E-state index is 0.0367. The number of halogens is 7. The molecule has 1 N–H and O–H groups in total. The van der Waals surface area contributed by atoms with Crippen molar-refractivity contribution in [3.63, 3.8) is 0 Å². The fourth-order valence-electron chi connectivity index (χ4n) is 6.46. The van der Waals surface area contributed by atoms with Gasteiger partial charge in [0.2, 0.25) is 0 Å². The van der Waals surface area contributed by atoms with E-state index in [0.717, 1.165) is 0 Å². The Morgan fingerprint density at radius 3 is 1.95 bits per heavy atom. The van der Waals surface area contributed by atoms with Crippen LogP contribution in [-0.2, 0) is 17.1 Å². The van der Waals surface area contributed by atoms with Gasteiger partial charge in [0.15, 0.2) is 0 Å². The van der Waals surface area contributed by atoms with Gasteiger partial charge in [-0.3, -0.25) is 0 Å². The van der Waals surface area contributed by atoms with Gasteiger partial charge in [0.25, 0.3) is 0 Å². The number of amides is 1. The fraction of sp³-hybridized carbons (Fsp3) is 0.483. The second kappa shape index (κ2) is 10.3. The molecule has 2 aliphatic rings. The lowest BCUT2D eigenvalue weighted by Gasteiger charge is -2.43. The first-order valence-corrected chi connectivity index (χ1v) is 12.8. The maximum Gasteiger partial charge on any atom is 0.416 e. The summed E-state index contributed by atoms with van der Waals surface area (Å²) in [6, 6.07) is 6.42. The number of hydrogen-bond acceptors (Lipinski definition) is 2. The van der Waals surface area contributed by atoms with E-state index < -0.39 is 58.4 Å². The summed E-state index contributed by atoms with van der Waals surface area (Å²) in [7, 11) is 0. The molecule has 2 aromatic rings. The van der Waals surface area contributed by atoms with E-state index >= 15 is 0 Å². The molecule has 0 spiro atoms. The third kappa shape index (κ3) is 5.93. The molecule has 218 valence electrons. The molecule has 0 bridgehead atoms. The van der Waals surface area contributed by atoms with Crippen LogP contribution >= 0.6 is 0 Å². The average molecular weight is 574 g/mol. The average Bonchev–Trinajstić information content (AvgIpc) is 3.24. The molecule has 11 heteroatoms. The number of benzene rings is 2. The Morgan fingerprint density at radius 2 is 1.48 bits per heavy atom. The Kier molecular flexibility index (Phi) is 7.66. The summed E-state index contributed by atoms with van der Waals surface area (Å²) in [6.45, 7) is 9.65. The minimum atomic E-state index is -5.03. The zero-order valence-corrected chi connectivity index (χ0v) is 22.1. The highest BCUT2D eigenvalue weighted by Gasteiger charge is 2.55. The highest BCUT2D eigenvalue weighted by Crippen LogP contribution is 2.53. The number of fused-ring (bicyclic) bond motifs is 1. The van der Waals surface area contributed by atoms with Gasteiger partial charge < -0.3 is 14.7 Å². The third-order valence-electron chi connectivity index (χ3n) is 7.94. The highest BCUT2D eigenvalue weighted by atomic mass is 19.4. The molecule has 2 fully saturated rings.